The van der Waals surface area contributed by atoms with Crippen LogP contribution in [0.25, 0.3) is 11.3 Å². The quantitative estimate of drug-likeness (QED) is 0.472. The summed E-state index contributed by atoms with van der Waals surface area (Å²) in [6.45, 7) is 0. The Bertz CT molecular complexity index is 1220. The van der Waals surface area contributed by atoms with Crippen molar-refractivity contribution in [1.29, 1.82) is 0 Å². The van der Waals surface area contributed by atoms with Gasteiger partial charge in [-0.05, 0) is 12.1 Å². The number of sulfone groups is 1. The molecular formula is C19H15F2N3O4S3. The average molecular weight is 484 g/mol. The van der Waals surface area contributed by atoms with Crippen molar-refractivity contribution in [3.05, 3.63) is 60.2 Å². The second kappa shape index (κ2) is 9.54. The summed E-state index contributed by atoms with van der Waals surface area (Å²) in [7, 11) is -4.98. The van der Waals surface area contributed by atoms with Gasteiger partial charge in [0.05, 0.1) is 16.2 Å². The second-order valence-corrected chi connectivity index (χ2v) is 10.1. The molecule has 0 aliphatic rings. The van der Waals surface area contributed by atoms with Crippen molar-refractivity contribution in [1.82, 2.24) is 4.98 Å². The molecule has 1 aromatic heterocycles. The molecule has 0 saturated carbocycles. The number of benzene rings is 2. The molecular weight excluding hydrogens is 468 g/mol. The summed E-state index contributed by atoms with van der Waals surface area (Å²) >= 11 is 2.13. The highest BCUT2D eigenvalue weighted by molar-refractivity contribution is 8.01. The van der Waals surface area contributed by atoms with E-state index in [0.29, 0.717) is 15.6 Å². The Morgan fingerprint density at radius 1 is 1.10 bits per heavy atom. The summed E-state index contributed by atoms with van der Waals surface area (Å²) < 4.78 is 50.5. The summed E-state index contributed by atoms with van der Waals surface area (Å²) in [6.07, 6.45) is 0. The lowest BCUT2D eigenvalue weighted by Gasteiger charge is -2.10. The topological polar surface area (TPSA) is 119 Å². The van der Waals surface area contributed by atoms with Gasteiger partial charge in [-0.15, -0.1) is 0 Å². The molecule has 31 heavy (non-hydrogen) atoms. The number of thioether (sulfide) groups is 1. The van der Waals surface area contributed by atoms with E-state index in [9.17, 15) is 26.8 Å². The van der Waals surface area contributed by atoms with Crippen molar-refractivity contribution < 1.29 is 26.8 Å². The summed E-state index contributed by atoms with van der Waals surface area (Å²) in [5.74, 6) is -5.11. The lowest BCUT2D eigenvalue weighted by Crippen LogP contribution is -2.19. The van der Waals surface area contributed by atoms with Gasteiger partial charge < -0.3 is 11.1 Å². The van der Waals surface area contributed by atoms with Crippen molar-refractivity contribution in [3.63, 3.8) is 0 Å². The molecule has 3 N–H and O–H groups in total. The highest BCUT2D eigenvalue weighted by atomic mass is 32.2. The van der Waals surface area contributed by atoms with Crippen molar-refractivity contribution in [2.45, 2.75) is 15.0 Å². The van der Waals surface area contributed by atoms with E-state index in [4.69, 9.17) is 5.73 Å². The van der Waals surface area contributed by atoms with Gasteiger partial charge in [0.25, 0.3) is 5.91 Å². The van der Waals surface area contributed by atoms with Crippen LogP contribution in [-0.4, -0.2) is 36.7 Å². The van der Waals surface area contributed by atoms with Gasteiger partial charge in [-0.1, -0.05) is 65.6 Å². The zero-order valence-corrected chi connectivity index (χ0v) is 18.1. The van der Waals surface area contributed by atoms with E-state index in [1.807, 2.05) is 0 Å². The first-order valence-electron chi connectivity index (χ1n) is 8.60. The fourth-order valence-corrected chi connectivity index (χ4v) is 5.27. The van der Waals surface area contributed by atoms with E-state index in [1.54, 1.807) is 30.3 Å². The van der Waals surface area contributed by atoms with E-state index < -0.39 is 37.9 Å². The van der Waals surface area contributed by atoms with Crippen LogP contribution in [0.5, 0.6) is 0 Å². The van der Waals surface area contributed by atoms with Crippen LogP contribution in [0.4, 0.5) is 13.8 Å². The molecule has 0 unspecified atom stereocenters. The lowest BCUT2D eigenvalue weighted by atomic mass is 10.1. The number of primary amides is 1. The molecule has 0 saturated heterocycles. The molecule has 7 nitrogen and oxygen atoms in total. The van der Waals surface area contributed by atoms with Gasteiger partial charge in [0.1, 0.15) is 10.7 Å². The number of thiazole rings is 1. The minimum absolute atomic E-state index is 0.0232. The van der Waals surface area contributed by atoms with Gasteiger partial charge >= 0.3 is 5.76 Å². The predicted octanol–water partition coefficient (Wildman–Crippen LogP) is 3.64. The van der Waals surface area contributed by atoms with Gasteiger partial charge in [-0.3, -0.25) is 9.59 Å². The third-order valence-electron chi connectivity index (χ3n) is 3.89. The molecule has 2 aromatic carbocycles. The van der Waals surface area contributed by atoms with Crippen LogP contribution >= 0.6 is 23.1 Å². The molecule has 0 atom stereocenters. The Balaban J connectivity index is 1.99. The van der Waals surface area contributed by atoms with Crippen LogP contribution in [0, 0.1) is 0 Å². The summed E-state index contributed by atoms with van der Waals surface area (Å²) in [4.78, 5) is 27.6. The Hall–Kier alpha value is -2.83. The Labute approximate surface area is 184 Å². The summed E-state index contributed by atoms with van der Waals surface area (Å²) in [5, 5.41) is 2.83. The Morgan fingerprint density at radius 2 is 1.74 bits per heavy atom. The molecule has 0 aliphatic carbocycles. The fourth-order valence-electron chi connectivity index (χ4n) is 2.54. The number of nitrogens with zero attached hydrogens (tertiary/aromatic N) is 1. The third kappa shape index (κ3) is 5.27. The number of nitrogens with two attached hydrogens (primary N) is 1. The number of aromatic nitrogens is 1. The number of amides is 2. The van der Waals surface area contributed by atoms with Crippen LogP contribution < -0.4 is 11.1 Å². The van der Waals surface area contributed by atoms with Gasteiger partial charge in [0.15, 0.2) is 4.34 Å². The molecule has 0 fully saturated rings. The fraction of sp³-hybridized carbons (Fsp3) is 0.105. The standard InChI is InChI=1S/C19H15F2N3O4S3/c20-18(21)31(27,28)13-9-5-4-8-12(13)16(26)24-17-15(11-6-2-1-3-7-11)23-19(30-17)29-10-14(22)25/h1-9,18H,10H2,(H2,22,25)(H,24,26). The molecule has 0 bridgehead atoms. The number of anilines is 1. The van der Waals surface area contributed by atoms with E-state index in [2.05, 4.69) is 10.3 Å². The molecule has 1 heterocycles. The highest BCUT2D eigenvalue weighted by Gasteiger charge is 2.31. The number of rotatable bonds is 8. The third-order valence-corrected chi connectivity index (χ3v) is 7.47. The number of hydrogen-bond donors (Lipinski definition) is 2. The molecule has 0 spiro atoms. The van der Waals surface area contributed by atoms with E-state index in [1.165, 1.54) is 12.1 Å². The summed E-state index contributed by atoms with van der Waals surface area (Å²) in [6, 6.07) is 13.6. The molecule has 0 aliphatic heterocycles. The van der Waals surface area contributed by atoms with E-state index in [0.717, 1.165) is 35.2 Å². The van der Waals surface area contributed by atoms with Crippen LogP contribution in [0.1, 0.15) is 10.4 Å². The van der Waals surface area contributed by atoms with Gasteiger partial charge in [0, 0.05) is 5.56 Å². The lowest BCUT2D eigenvalue weighted by molar-refractivity contribution is -0.115. The highest BCUT2D eigenvalue weighted by Crippen LogP contribution is 2.38. The predicted molar refractivity (Wildman–Crippen MR) is 115 cm³/mol. The first kappa shape index (κ1) is 22.8. The maximum atomic E-state index is 13.0. The maximum absolute atomic E-state index is 13.0. The zero-order valence-electron chi connectivity index (χ0n) is 15.6. The summed E-state index contributed by atoms with van der Waals surface area (Å²) in [5.41, 5.74) is 5.80. The number of alkyl halides is 2. The van der Waals surface area contributed by atoms with E-state index in [-0.39, 0.29) is 10.8 Å². The Kier molecular flexibility index (Phi) is 7.03. The smallest absolute Gasteiger partial charge is 0.341 e. The van der Waals surface area contributed by atoms with Crippen LogP contribution in [0.15, 0.2) is 63.8 Å². The Morgan fingerprint density at radius 3 is 2.39 bits per heavy atom. The van der Waals surface area contributed by atoms with Crippen LogP contribution in [0.3, 0.4) is 0 Å². The average Bonchev–Trinajstić information content (AvgIpc) is 3.15. The molecule has 2 amide bonds. The monoisotopic (exact) mass is 483 g/mol. The number of carbonyl (C=O) groups is 2. The van der Waals surface area contributed by atoms with Gasteiger partial charge in [-0.2, -0.15) is 8.78 Å². The van der Waals surface area contributed by atoms with Crippen LogP contribution in [-0.2, 0) is 14.6 Å². The first-order chi connectivity index (χ1) is 14.7. The number of nitrogens with one attached hydrogen (secondary N) is 1. The second-order valence-electron chi connectivity index (χ2n) is 6.03. The van der Waals surface area contributed by atoms with Gasteiger partial charge in [-0.25, -0.2) is 13.4 Å². The SMILES string of the molecule is NC(=O)CSc1nc(-c2ccccc2)c(NC(=O)c2ccccc2S(=O)(=O)C(F)F)s1. The molecule has 0 radical (unpaired) electrons. The number of halogens is 2. The van der Waals surface area contributed by atoms with Crippen molar-refractivity contribution in [3.8, 4) is 11.3 Å². The largest absolute Gasteiger partial charge is 0.369 e. The zero-order chi connectivity index (χ0) is 22.6. The first-order valence-corrected chi connectivity index (χ1v) is 11.9. The molecule has 12 heteroatoms. The minimum Gasteiger partial charge on any atom is -0.369 e. The normalized spacial score (nSPS) is 11.5. The van der Waals surface area contributed by atoms with Crippen molar-refractivity contribution in [2.75, 3.05) is 11.1 Å². The molecule has 3 rings (SSSR count). The van der Waals surface area contributed by atoms with Crippen LogP contribution in [0.2, 0.25) is 0 Å². The van der Waals surface area contributed by atoms with Crippen molar-refractivity contribution >= 4 is 49.8 Å². The number of carbonyl (C=O) groups excluding carboxylic acids is 2. The van der Waals surface area contributed by atoms with Crippen molar-refractivity contribution in [2.24, 2.45) is 5.73 Å². The molecule has 162 valence electrons. The maximum Gasteiger partial charge on any atom is 0.341 e. The minimum atomic E-state index is -4.98. The molecule has 3 aromatic rings. The number of hydrogen-bond acceptors (Lipinski definition) is 7. The van der Waals surface area contributed by atoms with E-state index >= 15 is 0 Å². The van der Waals surface area contributed by atoms with Gasteiger partial charge in [0.2, 0.25) is 15.7 Å².